The van der Waals surface area contributed by atoms with Crippen LogP contribution in [0, 0.1) is 5.92 Å². The third-order valence-electron chi connectivity index (χ3n) is 5.19. The quantitative estimate of drug-likeness (QED) is 0.660. The highest BCUT2D eigenvalue weighted by molar-refractivity contribution is 6.34. The average molecular weight is 489 g/mol. The number of rotatable bonds is 4. The first kappa shape index (κ1) is 24.1. The molecule has 2 amide bonds. The number of nitrogens with zero attached hydrogens (tertiary/aromatic N) is 3. The lowest BCUT2D eigenvalue weighted by atomic mass is 9.95. The number of aromatic nitrogens is 1. The summed E-state index contributed by atoms with van der Waals surface area (Å²) in [7, 11) is 3.24. The molecule has 2 heterocycles. The van der Waals surface area contributed by atoms with Crippen LogP contribution in [-0.4, -0.2) is 48.9 Å². The highest BCUT2D eigenvalue weighted by Gasteiger charge is 2.33. The molecule has 0 aliphatic carbocycles. The van der Waals surface area contributed by atoms with E-state index in [-0.39, 0.29) is 33.6 Å². The zero-order valence-corrected chi connectivity index (χ0v) is 18.9. The molecule has 2 aromatic rings. The molecule has 1 aliphatic rings. The van der Waals surface area contributed by atoms with E-state index in [1.165, 1.54) is 11.0 Å². The van der Waals surface area contributed by atoms with Crippen LogP contribution in [0.3, 0.4) is 0 Å². The van der Waals surface area contributed by atoms with Crippen LogP contribution >= 0.6 is 23.2 Å². The van der Waals surface area contributed by atoms with Gasteiger partial charge in [0.25, 0.3) is 5.91 Å². The normalized spacial score (nSPS) is 14.9. The van der Waals surface area contributed by atoms with Crippen molar-refractivity contribution in [2.75, 3.05) is 37.4 Å². The topological polar surface area (TPSA) is 65.5 Å². The predicted molar refractivity (Wildman–Crippen MR) is 117 cm³/mol. The first-order valence-electron chi connectivity index (χ1n) is 9.77. The van der Waals surface area contributed by atoms with Crippen molar-refractivity contribution in [1.82, 2.24) is 9.88 Å². The fourth-order valence-corrected chi connectivity index (χ4v) is 3.97. The molecule has 0 atom stereocenters. The maximum absolute atomic E-state index is 12.8. The Morgan fingerprint density at radius 1 is 1.12 bits per heavy atom. The number of halogens is 5. The molecule has 1 aliphatic heterocycles. The fraction of sp³-hybridized carbons (Fsp3) is 0.381. The molecule has 1 saturated heterocycles. The number of carbonyl (C=O) groups is 2. The molecule has 0 bridgehead atoms. The van der Waals surface area contributed by atoms with Gasteiger partial charge >= 0.3 is 6.18 Å². The maximum atomic E-state index is 12.8. The van der Waals surface area contributed by atoms with Crippen molar-refractivity contribution in [1.29, 1.82) is 0 Å². The van der Waals surface area contributed by atoms with E-state index in [1.807, 2.05) is 0 Å². The Kier molecular flexibility index (Phi) is 7.19. The molecule has 1 N–H and O–H groups in total. The summed E-state index contributed by atoms with van der Waals surface area (Å²) in [5.74, 6) is -0.456. The molecular formula is C21H21Cl2F3N4O2. The van der Waals surface area contributed by atoms with Gasteiger partial charge in [-0.2, -0.15) is 13.2 Å². The number of amides is 2. The molecule has 0 unspecified atom stereocenters. The minimum Gasteiger partial charge on any atom is -0.355 e. The molecule has 6 nitrogen and oxygen atoms in total. The Morgan fingerprint density at radius 2 is 1.78 bits per heavy atom. The van der Waals surface area contributed by atoms with E-state index in [0.29, 0.717) is 37.2 Å². The van der Waals surface area contributed by atoms with Gasteiger partial charge in [-0.3, -0.25) is 9.59 Å². The lowest BCUT2D eigenvalue weighted by molar-refractivity contribution is -0.137. The summed E-state index contributed by atoms with van der Waals surface area (Å²) in [5, 5.41) is 2.96. The van der Waals surface area contributed by atoms with E-state index < -0.39 is 11.7 Å². The zero-order chi connectivity index (χ0) is 23.6. The molecule has 0 radical (unpaired) electrons. The Labute approximate surface area is 193 Å². The van der Waals surface area contributed by atoms with E-state index in [9.17, 15) is 22.8 Å². The summed E-state index contributed by atoms with van der Waals surface area (Å²) in [6, 6.07) is 5.55. The molecule has 32 heavy (non-hydrogen) atoms. The van der Waals surface area contributed by atoms with E-state index in [4.69, 9.17) is 23.2 Å². The third kappa shape index (κ3) is 5.45. The molecule has 0 spiro atoms. The van der Waals surface area contributed by atoms with Gasteiger partial charge in [0.15, 0.2) is 0 Å². The first-order chi connectivity index (χ1) is 15.0. The highest BCUT2D eigenvalue weighted by atomic mass is 35.5. The molecule has 1 aromatic heterocycles. The number of hydrogen-bond acceptors (Lipinski definition) is 4. The number of benzene rings is 1. The van der Waals surface area contributed by atoms with Gasteiger partial charge in [-0.05, 0) is 37.1 Å². The zero-order valence-electron chi connectivity index (χ0n) is 17.3. The SMILES string of the molecule is CN(C)C(=O)c1ccc(NC(=O)C2CCN(c3ncc(C(F)(F)F)cc3Cl)CC2)cc1Cl. The van der Waals surface area contributed by atoms with Crippen LogP contribution in [0.15, 0.2) is 30.5 Å². The number of carbonyl (C=O) groups excluding carboxylic acids is 2. The van der Waals surface area contributed by atoms with Crippen molar-refractivity contribution in [2.45, 2.75) is 19.0 Å². The van der Waals surface area contributed by atoms with Crippen molar-refractivity contribution in [3.05, 3.63) is 51.6 Å². The van der Waals surface area contributed by atoms with Crippen molar-refractivity contribution in [3.8, 4) is 0 Å². The molecule has 0 saturated carbocycles. The molecule has 11 heteroatoms. The summed E-state index contributed by atoms with van der Waals surface area (Å²) < 4.78 is 38.4. The molecule has 1 fully saturated rings. The van der Waals surface area contributed by atoms with Gasteiger partial charge in [0.05, 0.1) is 21.2 Å². The Balaban J connectivity index is 1.60. The summed E-state index contributed by atoms with van der Waals surface area (Å²) in [4.78, 5) is 31.8. The minimum absolute atomic E-state index is 0.0790. The number of piperidine rings is 1. The molecular weight excluding hydrogens is 468 g/mol. The highest BCUT2D eigenvalue weighted by Crippen LogP contribution is 2.35. The minimum atomic E-state index is -4.51. The largest absolute Gasteiger partial charge is 0.417 e. The standard InChI is InChI=1S/C21H21Cl2F3N4O2/c1-29(2)20(32)15-4-3-14(10-16(15)22)28-19(31)12-5-7-30(8-6-12)18-17(23)9-13(11-27-18)21(24,25)26/h3-4,9-12H,5-8H2,1-2H3,(H,28,31). The maximum Gasteiger partial charge on any atom is 0.417 e. The summed E-state index contributed by atoms with van der Waals surface area (Å²) in [5.41, 5.74) is -0.0912. The summed E-state index contributed by atoms with van der Waals surface area (Å²) >= 11 is 12.2. The smallest absolute Gasteiger partial charge is 0.355 e. The number of anilines is 2. The average Bonchev–Trinajstić information content (AvgIpc) is 2.72. The summed E-state index contributed by atoms with van der Waals surface area (Å²) in [6.45, 7) is 0.848. The van der Waals surface area contributed by atoms with Crippen LogP contribution in [0.1, 0.15) is 28.8 Å². The van der Waals surface area contributed by atoms with E-state index in [2.05, 4.69) is 10.3 Å². The number of alkyl halides is 3. The second-order valence-corrected chi connectivity index (χ2v) is 8.49. The van der Waals surface area contributed by atoms with Crippen LogP contribution in [0.4, 0.5) is 24.7 Å². The Bertz CT molecular complexity index is 1020. The van der Waals surface area contributed by atoms with Crippen molar-refractivity contribution < 1.29 is 22.8 Å². The van der Waals surface area contributed by atoms with E-state index in [0.717, 1.165) is 12.3 Å². The van der Waals surface area contributed by atoms with E-state index in [1.54, 1.807) is 31.1 Å². The predicted octanol–water partition coefficient (Wildman–Crippen LogP) is 4.96. The first-order valence-corrected chi connectivity index (χ1v) is 10.5. The van der Waals surface area contributed by atoms with Gasteiger partial charge in [-0.25, -0.2) is 4.98 Å². The van der Waals surface area contributed by atoms with E-state index >= 15 is 0 Å². The Morgan fingerprint density at radius 3 is 2.31 bits per heavy atom. The summed E-state index contributed by atoms with van der Waals surface area (Å²) in [6.07, 6.45) is -2.79. The monoisotopic (exact) mass is 488 g/mol. The van der Waals surface area contributed by atoms with Gasteiger partial charge in [0.2, 0.25) is 5.91 Å². The number of pyridine rings is 1. The van der Waals surface area contributed by atoms with Crippen LogP contribution in [0.2, 0.25) is 10.0 Å². The number of hydrogen-bond donors (Lipinski definition) is 1. The van der Waals surface area contributed by atoms with Gasteiger partial charge in [-0.1, -0.05) is 23.2 Å². The fourth-order valence-electron chi connectivity index (χ4n) is 3.42. The Hall–Kier alpha value is -2.52. The third-order valence-corrected chi connectivity index (χ3v) is 5.78. The van der Waals surface area contributed by atoms with Crippen LogP contribution < -0.4 is 10.2 Å². The van der Waals surface area contributed by atoms with Crippen LogP contribution in [0.25, 0.3) is 0 Å². The molecule has 3 rings (SSSR count). The van der Waals surface area contributed by atoms with Crippen molar-refractivity contribution in [2.24, 2.45) is 5.92 Å². The second kappa shape index (κ2) is 9.54. The van der Waals surface area contributed by atoms with Crippen molar-refractivity contribution in [3.63, 3.8) is 0 Å². The lowest BCUT2D eigenvalue weighted by Gasteiger charge is -2.32. The number of nitrogens with one attached hydrogen (secondary N) is 1. The lowest BCUT2D eigenvalue weighted by Crippen LogP contribution is -2.38. The van der Waals surface area contributed by atoms with Crippen LogP contribution in [-0.2, 0) is 11.0 Å². The van der Waals surface area contributed by atoms with Crippen molar-refractivity contribution >= 4 is 46.5 Å². The van der Waals surface area contributed by atoms with Gasteiger partial charge in [0.1, 0.15) is 5.82 Å². The van der Waals surface area contributed by atoms with Gasteiger partial charge in [-0.15, -0.1) is 0 Å². The molecule has 172 valence electrons. The van der Waals surface area contributed by atoms with Crippen LogP contribution in [0.5, 0.6) is 0 Å². The second-order valence-electron chi connectivity index (χ2n) is 7.67. The van der Waals surface area contributed by atoms with Gasteiger partial charge < -0.3 is 15.1 Å². The molecule has 1 aromatic carbocycles. The van der Waals surface area contributed by atoms with Gasteiger partial charge in [0, 0.05) is 45.0 Å².